The van der Waals surface area contributed by atoms with Gasteiger partial charge in [0.25, 0.3) is 0 Å². The van der Waals surface area contributed by atoms with E-state index in [0.29, 0.717) is 26.2 Å². The molecule has 10 heteroatoms. The number of likely N-dealkylation sites (N-methyl/N-ethyl adjacent to an activating group) is 2. The van der Waals surface area contributed by atoms with Crippen LogP contribution in [-0.4, -0.2) is 115 Å². The fraction of sp³-hybridized carbons (Fsp3) is 0.500. The Morgan fingerprint density at radius 1 is 0.529 bits per heavy atom. The summed E-state index contributed by atoms with van der Waals surface area (Å²) in [7, 11) is 1.41. The molecular formula is C24H36N4O4S2+2. The Balaban J connectivity index is 1.47. The van der Waals surface area contributed by atoms with Gasteiger partial charge in [0.15, 0.2) is 0 Å². The first-order valence-electron chi connectivity index (χ1n) is 11.7. The quantitative estimate of drug-likeness (QED) is 0.574. The molecule has 4 rings (SSSR count). The van der Waals surface area contributed by atoms with Gasteiger partial charge in [0.2, 0.25) is 20.0 Å². The van der Waals surface area contributed by atoms with E-state index in [-0.39, 0.29) is 9.79 Å². The number of rotatable bonds is 5. The van der Waals surface area contributed by atoms with E-state index in [1.165, 1.54) is 0 Å². The molecular weight excluding hydrogens is 472 g/mol. The molecule has 0 amide bonds. The predicted octanol–water partition coefficient (Wildman–Crippen LogP) is 1.52. The van der Waals surface area contributed by atoms with Crippen LogP contribution in [0.4, 0.5) is 0 Å². The molecule has 8 nitrogen and oxygen atoms in total. The molecule has 0 saturated carbocycles. The third-order valence-corrected chi connectivity index (χ3v) is 11.0. The van der Waals surface area contributed by atoms with Crippen molar-refractivity contribution in [1.29, 1.82) is 0 Å². The van der Waals surface area contributed by atoms with Gasteiger partial charge in [-0.3, -0.25) is 0 Å². The standard InChI is InChI=1S/C24H36N4O4S2/c1-27(2)17-13-25(14-18-27)33(29,30)23-9-5-21(6-10-23)22-7-11-24(12-8-22)34(31,32)26-15-19-28(3,4)20-16-26/h5-12H,13-20H2,1-4H3/q+2. The first kappa shape index (κ1) is 25.3. The fourth-order valence-electron chi connectivity index (χ4n) is 4.39. The SMILES string of the molecule is C[N+]1(C)CCN(S(=O)(=O)c2ccc(-c3ccc(S(=O)(=O)N4CC[N+](C)(C)CC4)cc3)cc2)CC1. The molecule has 2 saturated heterocycles. The average Bonchev–Trinajstić information content (AvgIpc) is 2.79. The second-order valence-corrected chi connectivity index (χ2v) is 14.5. The molecule has 0 unspecified atom stereocenters. The molecule has 34 heavy (non-hydrogen) atoms. The summed E-state index contributed by atoms with van der Waals surface area (Å²) < 4.78 is 56.9. The van der Waals surface area contributed by atoms with E-state index in [1.54, 1.807) is 57.1 Å². The van der Waals surface area contributed by atoms with Gasteiger partial charge in [0, 0.05) is 0 Å². The Morgan fingerprint density at radius 2 is 0.794 bits per heavy atom. The van der Waals surface area contributed by atoms with Crippen LogP contribution in [0.1, 0.15) is 0 Å². The second kappa shape index (κ2) is 9.00. The minimum Gasteiger partial charge on any atom is -0.326 e. The van der Waals surface area contributed by atoms with Crippen molar-refractivity contribution in [3.05, 3.63) is 48.5 Å². The largest absolute Gasteiger partial charge is 0.326 e. The molecule has 2 aliphatic heterocycles. The van der Waals surface area contributed by atoms with Gasteiger partial charge >= 0.3 is 0 Å². The molecule has 186 valence electrons. The van der Waals surface area contributed by atoms with Crippen molar-refractivity contribution in [2.24, 2.45) is 0 Å². The second-order valence-electron chi connectivity index (χ2n) is 10.6. The van der Waals surface area contributed by atoms with Crippen molar-refractivity contribution in [2.75, 3.05) is 80.5 Å². The van der Waals surface area contributed by atoms with E-state index in [4.69, 9.17) is 0 Å². The summed E-state index contributed by atoms with van der Waals surface area (Å²) in [6, 6.07) is 13.7. The predicted molar refractivity (Wildman–Crippen MR) is 133 cm³/mol. The first-order valence-corrected chi connectivity index (χ1v) is 14.5. The molecule has 0 radical (unpaired) electrons. The minimum atomic E-state index is -3.52. The Hall–Kier alpha value is -1.82. The summed E-state index contributed by atoms with van der Waals surface area (Å²) in [5.74, 6) is 0. The monoisotopic (exact) mass is 508 g/mol. The zero-order chi connectivity index (χ0) is 24.8. The molecule has 0 spiro atoms. The summed E-state index contributed by atoms with van der Waals surface area (Å²) in [5, 5.41) is 0. The van der Waals surface area contributed by atoms with Crippen molar-refractivity contribution >= 4 is 20.0 Å². The molecule has 0 aliphatic carbocycles. The van der Waals surface area contributed by atoms with Crippen LogP contribution in [0, 0.1) is 0 Å². The lowest BCUT2D eigenvalue weighted by atomic mass is 10.1. The van der Waals surface area contributed by atoms with E-state index >= 15 is 0 Å². The van der Waals surface area contributed by atoms with Gasteiger partial charge in [-0.05, 0) is 35.4 Å². The van der Waals surface area contributed by atoms with Crippen molar-refractivity contribution in [1.82, 2.24) is 8.61 Å². The molecule has 0 bridgehead atoms. The van der Waals surface area contributed by atoms with Gasteiger partial charge < -0.3 is 8.97 Å². The van der Waals surface area contributed by atoms with Crippen LogP contribution in [0.5, 0.6) is 0 Å². The Morgan fingerprint density at radius 3 is 1.06 bits per heavy atom. The molecule has 0 N–H and O–H groups in total. The third-order valence-electron chi connectivity index (χ3n) is 7.14. The minimum absolute atomic E-state index is 0.286. The summed E-state index contributed by atoms with van der Waals surface area (Å²) >= 11 is 0. The highest BCUT2D eigenvalue weighted by atomic mass is 32.2. The first-order chi connectivity index (χ1) is 15.8. The van der Waals surface area contributed by atoms with Crippen LogP contribution in [0.2, 0.25) is 0 Å². The van der Waals surface area contributed by atoms with Crippen molar-refractivity contribution in [3.8, 4) is 11.1 Å². The topological polar surface area (TPSA) is 74.8 Å². The summed E-state index contributed by atoms with van der Waals surface area (Å²) in [6.45, 7) is 5.23. The third kappa shape index (κ3) is 5.22. The Labute approximate surface area is 204 Å². The molecule has 0 aromatic heterocycles. The summed E-state index contributed by atoms with van der Waals surface area (Å²) in [6.07, 6.45) is 0. The van der Waals surface area contributed by atoms with E-state index in [0.717, 1.165) is 46.3 Å². The number of sulfonamides is 2. The zero-order valence-corrected chi connectivity index (χ0v) is 22.1. The lowest BCUT2D eigenvalue weighted by molar-refractivity contribution is -0.893. The molecule has 2 fully saturated rings. The van der Waals surface area contributed by atoms with E-state index in [2.05, 4.69) is 28.2 Å². The van der Waals surface area contributed by atoms with Gasteiger partial charge in [-0.2, -0.15) is 8.61 Å². The maximum absolute atomic E-state index is 13.0. The highest BCUT2D eigenvalue weighted by molar-refractivity contribution is 7.89. The van der Waals surface area contributed by atoms with E-state index in [1.807, 2.05) is 0 Å². The van der Waals surface area contributed by atoms with E-state index < -0.39 is 20.0 Å². The highest BCUT2D eigenvalue weighted by Crippen LogP contribution is 2.26. The number of quaternary nitrogens is 2. The smallest absolute Gasteiger partial charge is 0.243 e. The zero-order valence-electron chi connectivity index (χ0n) is 20.5. The van der Waals surface area contributed by atoms with Crippen LogP contribution < -0.4 is 0 Å². The molecule has 0 atom stereocenters. The highest BCUT2D eigenvalue weighted by Gasteiger charge is 2.34. The van der Waals surface area contributed by atoms with Crippen molar-refractivity contribution in [2.45, 2.75) is 9.79 Å². The molecule has 2 aliphatic rings. The lowest BCUT2D eigenvalue weighted by Gasteiger charge is -2.38. The maximum Gasteiger partial charge on any atom is 0.243 e. The maximum atomic E-state index is 13.0. The van der Waals surface area contributed by atoms with Crippen LogP contribution in [0.25, 0.3) is 11.1 Å². The average molecular weight is 509 g/mol. The van der Waals surface area contributed by atoms with Gasteiger partial charge in [0.1, 0.15) is 0 Å². The number of nitrogens with zero attached hydrogens (tertiary/aromatic N) is 4. The molecule has 2 aromatic rings. The number of piperazine rings is 2. The van der Waals surface area contributed by atoms with Crippen LogP contribution in [-0.2, 0) is 20.0 Å². The number of hydrogen-bond donors (Lipinski definition) is 0. The summed E-state index contributed by atoms with van der Waals surface area (Å²) in [4.78, 5) is 0.572. The van der Waals surface area contributed by atoms with Gasteiger partial charge in [-0.15, -0.1) is 0 Å². The van der Waals surface area contributed by atoms with Crippen LogP contribution >= 0.6 is 0 Å². The number of benzene rings is 2. The molecule has 2 heterocycles. The fourth-order valence-corrected chi connectivity index (χ4v) is 7.24. The van der Waals surface area contributed by atoms with E-state index in [9.17, 15) is 16.8 Å². The normalized spacial score (nSPS) is 21.9. The lowest BCUT2D eigenvalue weighted by Crippen LogP contribution is -2.55. The van der Waals surface area contributed by atoms with Gasteiger partial charge in [-0.25, -0.2) is 16.8 Å². The Bertz CT molecular complexity index is 1120. The van der Waals surface area contributed by atoms with Gasteiger partial charge in [-0.1, -0.05) is 24.3 Å². The molecule has 2 aromatic carbocycles. The number of hydrogen-bond acceptors (Lipinski definition) is 4. The van der Waals surface area contributed by atoms with Crippen molar-refractivity contribution < 1.29 is 25.8 Å². The van der Waals surface area contributed by atoms with Crippen LogP contribution in [0.15, 0.2) is 58.3 Å². The Kier molecular flexibility index (Phi) is 6.69. The van der Waals surface area contributed by atoms with Gasteiger partial charge in [0.05, 0.1) is 90.3 Å². The summed E-state index contributed by atoms with van der Waals surface area (Å²) in [5.41, 5.74) is 1.69. The van der Waals surface area contributed by atoms with Crippen molar-refractivity contribution in [3.63, 3.8) is 0 Å². The van der Waals surface area contributed by atoms with Crippen LogP contribution in [0.3, 0.4) is 0 Å².